The number of amides is 1. The first-order valence-electron chi connectivity index (χ1n) is 7.53. The number of rotatable bonds is 5. The number of piperazine rings is 1. The molecule has 0 aliphatic carbocycles. The number of hydrogen-bond acceptors (Lipinski definition) is 4. The lowest BCUT2D eigenvalue weighted by Gasteiger charge is -2.28. The number of benzene rings is 1. The van der Waals surface area contributed by atoms with E-state index in [0.717, 1.165) is 38.2 Å². The fourth-order valence-corrected chi connectivity index (χ4v) is 2.62. The van der Waals surface area contributed by atoms with Crippen molar-refractivity contribution in [3.63, 3.8) is 0 Å². The van der Waals surface area contributed by atoms with Gasteiger partial charge < -0.3 is 20.4 Å². The van der Waals surface area contributed by atoms with Gasteiger partial charge in [0.05, 0.1) is 6.61 Å². The molecule has 0 radical (unpaired) electrons. The summed E-state index contributed by atoms with van der Waals surface area (Å²) in [6, 6.07) is 5.28. The predicted octanol–water partition coefficient (Wildman–Crippen LogP) is 1.20. The quantitative estimate of drug-likeness (QED) is 0.762. The summed E-state index contributed by atoms with van der Waals surface area (Å²) in [5, 5.41) is 22.0. The zero-order valence-electron chi connectivity index (χ0n) is 12.5. The molecule has 1 saturated heterocycles. The van der Waals surface area contributed by atoms with Crippen LogP contribution in [0.2, 0.25) is 0 Å². The van der Waals surface area contributed by atoms with Crippen molar-refractivity contribution in [1.82, 2.24) is 10.2 Å². The van der Waals surface area contributed by atoms with Crippen LogP contribution >= 0.6 is 0 Å². The first-order valence-corrected chi connectivity index (χ1v) is 7.53. The molecule has 0 bridgehead atoms. The maximum absolute atomic E-state index is 12.1. The molecule has 1 aromatic rings. The Hall–Kier alpha value is -1.59. The van der Waals surface area contributed by atoms with Crippen molar-refractivity contribution in [1.29, 1.82) is 0 Å². The zero-order valence-corrected chi connectivity index (χ0v) is 12.5. The average Bonchev–Trinajstić information content (AvgIpc) is 2.53. The molecule has 2 rings (SSSR count). The molecule has 0 spiro atoms. The third-order valence-electron chi connectivity index (χ3n) is 4.10. The monoisotopic (exact) mass is 292 g/mol. The van der Waals surface area contributed by atoms with E-state index in [1.54, 1.807) is 6.07 Å². The van der Waals surface area contributed by atoms with Crippen molar-refractivity contribution in [2.24, 2.45) is 0 Å². The number of nitrogens with one attached hydrogen (secondary N) is 1. The lowest BCUT2D eigenvalue weighted by Crippen LogP contribution is -2.46. The highest BCUT2D eigenvalue weighted by Gasteiger charge is 2.17. The molecule has 1 atom stereocenters. The maximum Gasteiger partial charge on any atom is 0.222 e. The Bertz CT molecular complexity index is 484. The van der Waals surface area contributed by atoms with Gasteiger partial charge in [-0.1, -0.05) is 13.0 Å². The highest BCUT2D eigenvalue weighted by Crippen LogP contribution is 2.26. The number of phenols is 1. The molecule has 5 nitrogen and oxygen atoms in total. The highest BCUT2D eigenvalue weighted by atomic mass is 16.3. The van der Waals surface area contributed by atoms with Gasteiger partial charge in [-0.2, -0.15) is 0 Å². The van der Waals surface area contributed by atoms with E-state index in [-0.39, 0.29) is 24.2 Å². The van der Waals surface area contributed by atoms with Crippen LogP contribution in [-0.4, -0.2) is 47.2 Å². The van der Waals surface area contributed by atoms with Gasteiger partial charge >= 0.3 is 0 Å². The van der Waals surface area contributed by atoms with Crippen LogP contribution in [0.15, 0.2) is 18.2 Å². The maximum atomic E-state index is 12.1. The Morgan fingerprint density at radius 3 is 2.76 bits per heavy atom. The van der Waals surface area contributed by atoms with Gasteiger partial charge in [0.1, 0.15) is 5.75 Å². The van der Waals surface area contributed by atoms with E-state index in [0.29, 0.717) is 12.0 Å². The van der Waals surface area contributed by atoms with Crippen molar-refractivity contribution < 1.29 is 15.0 Å². The molecule has 1 heterocycles. The largest absolute Gasteiger partial charge is 0.508 e. The normalized spacial score (nSPS) is 16.8. The Labute approximate surface area is 125 Å². The highest BCUT2D eigenvalue weighted by molar-refractivity contribution is 5.76. The summed E-state index contributed by atoms with van der Waals surface area (Å²) >= 11 is 0. The second-order valence-corrected chi connectivity index (χ2v) is 5.62. The molecule has 5 heteroatoms. The number of aliphatic hydroxyl groups excluding tert-OH is 1. The molecule has 1 aliphatic rings. The first kappa shape index (κ1) is 15.8. The molecule has 116 valence electrons. The standard InChI is InChI=1S/C16H24N2O3/c1-12(13-3-4-15(20)14(10-13)11-19)2-5-16(21)18-8-6-17-7-9-18/h3-4,10,12,17,19-20H,2,5-9,11H2,1H3. The van der Waals surface area contributed by atoms with Crippen LogP contribution in [0.25, 0.3) is 0 Å². The Morgan fingerprint density at radius 2 is 2.10 bits per heavy atom. The van der Waals surface area contributed by atoms with Crippen molar-refractivity contribution in [3.05, 3.63) is 29.3 Å². The minimum atomic E-state index is -0.175. The van der Waals surface area contributed by atoms with Crippen LogP contribution in [0.5, 0.6) is 5.75 Å². The molecular formula is C16H24N2O3. The lowest BCUT2D eigenvalue weighted by molar-refractivity contribution is -0.131. The smallest absolute Gasteiger partial charge is 0.222 e. The van der Waals surface area contributed by atoms with Gasteiger partial charge in [-0.3, -0.25) is 4.79 Å². The molecule has 3 N–H and O–H groups in total. The third kappa shape index (κ3) is 4.19. The first-order chi connectivity index (χ1) is 10.1. The SMILES string of the molecule is CC(CCC(=O)N1CCNCC1)c1ccc(O)c(CO)c1. The van der Waals surface area contributed by atoms with E-state index in [2.05, 4.69) is 12.2 Å². The van der Waals surface area contributed by atoms with Crippen LogP contribution in [0.4, 0.5) is 0 Å². The Kier molecular flexibility index (Phi) is 5.59. The molecule has 1 aromatic carbocycles. The second kappa shape index (κ2) is 7.43. The van der Waals surface area contributed by atoms with Crippen LogP contribution in [0.1, 0.15) is 36.8 Å². The molecule has 21 heavy (non-hydrogen) atoms. The van der Waals surface area contributed by atoms with Gasteiger partial charge in [0.15, 0.2) is 0 Å². The Balaban J connectivity index is 1.89. The van der Waals surface area contributed by atoms with Crippen LogP contribution < -0.4 is 5.32 Å². The molecule has 1 amide bonds. The summed E-state index contributed by atoms with van der Waals surface area (Å²) in [6.45, 7) is 5.23. The van der Waals surface area contributed by atoms with E-state index >= 15 is 0 Å². The predicted molar refractivity (Wildman–Crippen MR) is 81.1 cm³/mol. The molecular weight excluding hydrogens is 268 g/mol. The molecule has 0 saturated carbocycles. The summed E-state index contributed by atoms with van der Waals surface area (Å²) in [5.74, 6) is 0.553. The zero-order chi connectivity index (χ0) is 15.2. The van der Waals surface area contributed by atoms with Crippen LogP contribution in [0, 0.1) is 0 Å². The number of aromatic hydroxyl groups is 1. The number of carbonyl (C=O) groups is 1. The van der Waals surface area contributed by atoms with Crippen molar-refractivity contribution in [2.45, 2.75) is 32.3 Å². The van der Waals surface area contributed by atoms with E-state index in [4.69, 9.17) is 0 Å². The molecule has 0 aromatic heterocycles. The van der Waals surface area contributed by atoms with Gasteiger partial charge in [-0.25, -0.2) is 0 Å². The van der Waals surface area contributed by atoms with E-state index in [1.807, 2.05) is 17.0 Å². The summed E-state index contributed by atoms with van der Waals surface area (Å²) in [6.07, 6.45) is 1.31. The fraction of sp³-hybridized carbons (Fsp3) is 0.562. The third-order valence-corrected chi connectivity index (χ3v) is 4.10. The molecule has 1 fully saturated rings. The van der Waals surface area contributed by atoms with Gasteiger partial charge in [-0.05, 0) is 30.0 Å². The van der Waals surface area contributed by atoms with Crippen LogP contribution in [-0.2, 0) is 11.4 Å². The van der Waals surface area contributed by atoms with E-state index in [1.165, 1.54) is 0 Å². The van der Waals surface area contributed by atoms with Gasteiger partial charge in [0.2, 0.25) is 5.91 Å². The van der Waals surface area contributed by atoms with E-state index in [9.17, 15) is 15.0 Å². The van der Waals surface area contributed by atoms with Crippen molar-refractivity contribution in [2.75, 3.05) is 26.2 Å². The lowest BCUT2D eigenvalue weighted by atomic mass is 9.94. The minimum absolute atomic E-state index is 0.116. The molecule has 1 unspecified atom stereocenters. The summed E-state index contributed by atoms with van der Waals surface area (Å²) in [5.41, 5.74) is 1.58. The van der Waals surface area contributed by atoms with Crippen molar-refractivity contribution >= 4 is 5.91 Å². The van der Waals surface area contributed by atoms with Gasteiger partial charge in [0.25, 0.3) is 0 Å². The summed E-state index contributed by atoms with van der Waals surface area (Å²) < 4.78 is 0. The number of aliphatic hydroxyl groups is 1. The van der Waals surface area contributed by atoms with Crippen molar-refractivity contribution in [3.8, 4) is 5.75 Å². The topological polar surface area (TPSA) is 72.8 Å². The Morgan fingerprint density at radius 1 is 1.38 bits per heavy atom. The van der Waals surface area contributed by atoms with Gasteiger partial charge in [0, 0.05) is 38.2 Å². The van der Waals surface area contributed by atoms with Gasteiger partial charge in [-0.15, -0.1) is 0 Å². The summed E-state index contributed by atoms with van der Waals surface area (Å²) in [4.78, 5) is 14.0. The minimum Gasteiger partial charge on any atom is -0.508 e. The number of carbonyl (C=O) groups excluding carboxylic acids is 1. The molecule has 1 aliphatic heterocycles. The fourth-order valence-electron chi connectivity index (χ4n) is 2.62. The number of hydrogen-bond donors (Lipinski definition) is 3. The average molecular weight is 292 g/mol. The summed E-state index contributed by atoms with van der Waals surface area (Å²) in [7, 11) is 0. The second-order valence-electron chi connectivity index (χ2n) is 5.62. The van der Waals surface area contributed by atoms with Crippen LogP contribution in [0.3, 0.4) is 0 Å². The van der Waals surface area contributed by atoms with E-state index < -0.39 is 0 Å². The number of nitrogens with zero attached hydrogens (tertiary/aromatic N) is 1.